The summed E-state index contributed by atoms with van der Waals surface area (Å²) >= 11 is 5.84. The molecule has 17 heavy (non-hydrogen) atoms. The number of hydrogen-bond acceptors (Lipinski definition) is 1. The average Bonchev–Trinajstić information content (AvgIpc) is 2.31. The van der Waals surface area contributed by atoms with Gasteiger partial charge in [0.1, 0.15) is 0 Å². The fourth-order valence-corrected chi connectivity index (χ4v) is 2.41. The van der Waals surface area contributed by atoms with Crippen molar-refractivity contribution in [1.29, 1.82) is 0 Å². The molecular formula is C14H13BrIN. The highest BCUT2D eigenvalue weighted by Gasteiger charge is 1.98. The fourth-order valence-electron chi connectivity index (χ4n) is 1.62. The van der Waals surface area contributed by atoms with E-state index in [2.05, 4.69) is 93.2 Å². The van der Waals surface area contributed by atoms with Crippen LogP contribution in [0.3, 0.4) is 0 Å². The summed E-state index contributed by atoms with van der Waals surface area (Å²) in [5, 5.41) is 3.43. The summed E-state index contributed by atoms with van der Waals surface area (Å²) in [5.41, 5.74) is 3.73. The molecule has 0 saturated carbocycles. The van der Waals surface area contributed by atoms with E-state index in [1.54, 1.807) is 0 Å². The Bertz CT molecular complexity index is 525. The summed E-state index contributed by atoms with van der Waals surface area (Å²) < 4.78 is 2.41. The van der Waals surface area contributed by atoms with Crippen LogP contribution in [0.15, 0.2) is 46.9 Å². The van der Waals surface area contributed by atoms with Crippen molar-refractivity contribution in [2.75, 3.05) is 5.32 Å². The van der Waals surface area contributed by atoms with Gasteiger partial charge in [-0.3, -0.25) is 0 Å². The molecular weight excluding hydrogens is 389 g/mol. The van der Waals surface area contributed by atoms with Gasteiger partial charge in [-0.25, -0.2) is 0 Å². The van der Waals surface area contributed by atoms with Crippen molar-refractivity contribution < 1.29 is 0 Å². The van der Waals surface area contributed by atoms with Gasteiger partial charge in [-0.15, -0.1) is 0 Å². The van der Waals surface area contributed by atoms with Crippen LogP contribution in [-0.2, 0) is 6.54 Å². The molecule has 0 aromatic heterocycles. The van der Waals surface area contributed by atoms with Gasteiger partial charge in [0, 0.05) is 20.3 Å². The number of hydrogen-bond donors (Lipinski definition) is 1. The van der Waals surface area contributed by atoms with Crippen LogP contribution in [-0.4, -0.2) is 0 Å². The molecule has 1 N–H and O–H groups in total. The number of benzene rings is 2. The van der Waals surface area contributed by atoms with E-state index < -0.39 is 0 Å². The zero-order valence-corrected chi connectivity index (χ0v) is 13.2. The maximum Gasteiger partial charge on any atom is 0.0400 e. The van der Waals surface area contributed by atoms with Gasteiger partial charge in [0.2, 0.25) is 0 Å². The number of halogens is 2. The highest BCUT2D eigenvalue weighted by atomic mass is 127. The quantitative estimate of drug-likeness (QED) is 0.715. The normalized spacial score (nSPS) is 10.3. The summed E-state index contributed by atoms with van der Waals surface area (Å²) in [6, 6.07) is 14.8. The Morgan fingerprint density at radius 2 is 2.00 bits per heavy atom. The molecule has 0 saturated heterocycles. The number of anilines is 1. The zero-order valence-electron chi connectivity index (χ0n) is 9.50. The first-order chi connectivity index (χ1) is 8.15. The molecule has 0 atom stereocenters. The standard InChI is InChI=1S/C14H13BrIN/c1-10-7-11(5-6-14(10)15)9-17-13-4-2-3-12(16)8-13/h2-8,17H,9H2,1H3. The van der Waals surface area contributed by atoms with E-state index in [1.165, 1.54) is 14.7 Å². The summed E-state index contributed by atoms with van der Waals surface area (Å²) in [6.45, 7) is 2.97. The van der Waals surface area contributed by atoms with Crippen molar-refractivity contribution in [3.63, 3.8) is 0 Å². The van der Waals surface area contributed by atoms with E-state index in [4.69, 9.17) is 0 Å². The second-order valence-corrected chi connectivity index (χ2v) is 6.05. The zero-order chi connectivity index (χ0) is 12.3. The van der Waals surface area contributed by atoms with Crippen LogP contribution >= 0.6 is 38.5 Å². The Labute approximate surface area is 124 Å². The number of nitrogens with one attached hydrogen (secondary N) is 1. The Balaban J connectivity index is 2.05. The molecule has 0 unspecified atom stereocenters. The minimum atomic E-state index is 0.855. The van der Waals surface area contributed by atoms with E-state index in [0.717, 1.165) is 16.7 Å². The average molecular weight is 402 g/mol. The fraction of sp³-hybridized carbons (Fsp3) is 0.143. The Morgan fingerprint density at radius 1 is 1.18 bits per heavy atom. The predicted octanol–water partition coefficient (Wildman–Crippen LogP) is 4.97. The van der Waals surface area contributed by atoms with E-state index in [-0.39, 0.29) is 0 Å². The van der Waals surface area contributed by atoms with Gasteiger partial charge in [-0.1, -0.05) is 34.1 Å². The van der Waals surface area contributed by atoms with E-state index >= 15 is 0 Å². The highest BCUT2D eigenvalue weighted by molar-refractivity contribution is 14.1. The topological polar surface area (TPSA) is 12.0 Å². The lowest BCUT2D eigenvalue weighted by molar-refractivity contribution is 1.14. The van der Waals surface area contributed by atoms with E-state index in [0.29, 0.717) is 0 Å². The first-order valence-electron chi connectivity index (χ1n) is 5.39. The molecule has 2 aromatic carbocycles. The van der Waals surface area contributed by atoms with Gasteiger partial charge in [-0.2, -0.15) is 0 Å². The lowest BCUT2D eigenvalue weighted by Crippen LogP contribution is -1.99. The van der Waals surface area contributed by atoms with Gasteiger partial charge in [0.05, 0.1) is 0 Å². The van der Waals surface area contributed by atoms with Gasteiger partial charge < -0.3 is 5.32 Å². The molecule has 0 aliphatic rings. The molecule has 0 fully saturated rings. The molecule has 0 aliphatic carbocycles. The van der Waals surface area contributed by atoms with Crippen molar-refractivity contribution in [2.45, 2.75) is 13.5 Å². The summed E-state index contributed by atoms with van der Waals surface area (Å²) in [5.74, 6) is 0. The van der Waals surface area contributed by atoms with Crippen LogP contribution in [0.1, 0.15) is 11.1 Å². The number of rotatable bonds is 3. The van der Waals surface area contributed by atoms with Crippen LogP contribution < -0.4 is 5.32 Å². The Kier molecular flexibility index (Phi) is 4.45. The lowest BCUT2D eigenvalue weighted by atomic mass is 10.1. The highest BCUT2D eigenvalue weighted by Crippen LogP contribution is 2.18. The van der Waals surface area contributed by atoms with Crippen molar-refractivity contribution in [3.05, 3.63) is 61.6 Å². The summed E-state index contributed by atoms with van der Waals surface area (Å²) in [4.78, 5) is 0. The minimum absolute atomic E-state index is 0.855. The SMILES string of the molecule is Cc1cc(CNc2cccc(I)c2)ccc1Br. The summed E-state index contributed by atoms with van der Waals surface area (Å²) in [6.07, 6.45) is 0. The van der Waals surface area contributed by atoms with Crippen molar-refractivity contribution in [3.8, 4) is 0 Å². The molecule has 1 nitrogen and oxygen atoms in total. The van der Waals surface area contributed by atoms with Crippen molar-refractivity contribution in [2.24, 2.45) is 0 Å². The minimum Gasteiger partial charge on any atom is -0.381 e. The van der Waals surface area contributed by atoms with Crippen LogP contribution in [0.25, 0.3) is 0 Å². The largest absolute Gasteiger partial charge is 0.381 e. The molecule has 0 amide bonds. The predicted molar refractivity (Wildman–Crippen MR) is 85.4 cm³/mol. The molecule has 3 heteroatoms. The monoisotopic (exact) mass is 401 g/mol. The smallest absolute Gasteiger partial charge is 0.0400 e. The lowest BCUT2D eigenvalue weighted by Gasteiger charge is -2.08. The Morgan fingerprint density at radius 3 is 2.71 bits per heavy atom. The van der Waals surface area contributed by atoms with Crippen molar-refractivity contribution in [1.82, 2.24) is 0 Å². The molecule has 0 heterocycles. The van der Waals surface area contributed by atoms with Crippen molar-refractivity contribution >= 4 is 44.2 Å². The molecule has 2 aromatic rings. The first-order valence-corrected chi connectivity index (χ1v) is 7.27. The third kappa shape index (κ3) is 3.71. The second-order valence-electron chi connectivity index (χ2n) is 3.95. The van der Waals surface area contributed by atoms with Gasteiger partial charge in [0.15, 0.2) is 0 Å². The van der Waals surface area contributed by atoms with Crippen LogP contribution in [0.5, 0.6) is 0 Å². The third-order valence-electron chi connectivity index (χ3n) is 2.54. The van der Waals surface area contributed by atoms with Crippen LogP contribution in [0.4, 0.5) is 5.69 Å². The van der Waals surface area contributed by atoms with E-state index in [1.807, 2.05) is 0 Å². The van der Waals surface area contributed by atoms with Gasteiger partial charge in [-0.05, 0) is 64.9 Å². The van der Waals surface area contributed by atoms with Gasteiger partial charge in [0.25, 0.3) is 0 Å². The van der Waals surface area contributed by atoms with E-state index in [9.17, 15) is 0 Å². The van der Waals surface area contributed by atoms with Gasteiger partial charge >= 0.3 is 0 Å². The first kappa shape index (κ1) is 12.9. The molecule has 0 radical (unpaired) electrons. The molecule has 88 valence electrons. The second kappa shape index (κ2) is 5.87. The van der Waals surface area contributed by atoms with Crippen LogP contribution in [0, 0.1) is 10.5 Å². The molecule has 0 bridgehead atoms. The molecule has 0 aliphatic heterocycles. The molecule has 0 spiro atoms. The third-order valence-corrected chi connectivity index (χ3v) is 4.10. The maximum atomic E-state index is 3.51. The summed E-state index contributed by atoms with van der Waals surface area (Å²) in [7, 11) is 0. The Hall–Kier alpha value is -0.550. The molecule has 2 rings (SSSR count). The van der Waals surface area contributed by atoms with Crippen LogP contribution in [0.2, 0.25) is 0 Å². The number of aryl methyl sites for hydroxylation is 1. The maximum absolute atomic E-state index is 3.51.